The predicted octanol–water partition coefficient (Wildman–Crippen LogP) is 2.66. The Morgan fingerprint density at radius 3 is 2.91 bits per heavy atom. The molecule has 1 heterocycles. The zero-order valence-electron chi connectivity index (χ0n) is 12.2. The third kappa shape index (κ3) is 5.72. The quantitative estimate of drug-likeness (QED) is 0.800. The summed E-state index contributed by atoms with van der Waals surface area (Å²) in [5.74, 6) is -2.68. The lowest BCUT2D eigenvalue weighted by Gasteiger charge is -2.33. The van der Waals surface area contributed by atoms with Crippen molar-refractivity contribution in [2.45, 2.75) is 23.6 Å². The van der Waals surface area contributed by atoms with Crippen molar-refractivity contribution < 1.29 is 13.6 Å². The first kappa shape index (κ1) is 19.2. The van der Waals surface area contributed by atoms with Crippen LogP contribution in [0.25, 0.3) is 0 Å². The van der Waals surface area contributed by atoms with Crippen LogP contribution in [0.15, 0.2) is 29.2 Å². The van der Waals surface area contributed by atoms with Crippen molar-refractivity contribution >= 4 is 35.8 Å². The number of carbonyl (C=O) groups excluding carboxylic acids is 1. The van der Waals surface area contributed by atoms with Crippen LogP contribution in [0, 0.1) is 0 Å². The molecular formula is C14H20ClF2N3OS. The predicted molar refractivity (Wildman–Crippen MR) is 88.1 cm³/mol. The Bertz CT molecular complexity index is 493. The number of alkyl halides is 2. The summed E-state index contributed by atoms with van der Waals surface area (Å²) in [5, 5.41) is 5.99. The molecule has 1 saturated heterocycles. The number of rotatable bonds is 5. The highest BCUT2D eigenvalue weighted by atomic mass is 35.5. The lowest BCUT2D eigenvalue weighted by molar-refractivity contribution is -0.118. The van der Waals surface area contributed by atoms with Crippen LogP contribution in [0.4, 0.5) is 14.5 Å². The van der Waals surface area contributed by atoms with Gasteiger partial charge in [0.15, 0.2) is 0 Å². The third-order valence-electron chi connectivity index (χ3n) is 3.36. The summed E-state index contributed by atoms with van der Waals surface area (Å²) in [6.45, 7) is 4.85. The Hall–Kier alpha value is -0.890. The molecule has 1 aliphatic rings. The van der Waals surface area contributed by atoms with E-state index in [1.807, 2.05) is 0 Å². The van der Waals surface area contributed by atoms with Gasteiger partial charge in [0.1, 0.15) is 0 Å². The summed E-state index contributed by atoms with van der Waals surface area (Å²) in [6, 6.07) is 6.91. The van der Waals surface area contributed by atoms with Crippen molar-refractivity contribution in [1.82, 2.24) is 10.2 Å². The lowest BCUT2D eigenvalue weighted by Crippen LogP contribution is -2.52. The van der Waals surface area contributed by atoms with Gasteiger partial charge in [0.2, 0.25) is 5.91 Å². The molecule has 1 amide bonds. The summed E-state index contributed by atoms with van der Waals surface area (Å²) in [7, 11) is 0. The van der Waals surface area contributed by atoms with Gasteiger partial charge in [-0.3, -0.25) is 9.69 Å². The second kappa shape index (κ2) is 9.29. The Kier molecular flexibility index (Phi) is 8.09. The number of nitrogens with one attached hydrogen (secondary N) is 2. The SMILES string of the molecule is C[C@@H]1CNCCN1CC(=O)Nc1ccccc1SC(F)F.Cl. The van der Waals surface area contributed by atoms with Crippen molar-refractivity contribution in [3.05, 3.63) is 24.3 Å². The Morgan fingerprint density at radius 2 is 2.23 bits per heavy atom. The van der Waals surface area contributed by atoms with Gasteiger partial charge in [-0.15, -0.1) is 12.4 Å². The van der Waals surface area contributed by atoms with Crippen molar-refractivity contribution in [3.63, 3.8) is 0 Å². The third-order valence-corrected chi connectivity index (χ3v) is 4.15. The first-order valence-corrected chi connectivity index (χ1v) is 7.72. The maximum Gasteiger partial charge on any atom is 0.288 e. The van der Waals surface area contributed by atoms with Crippen molar-refractivity contribution in [2.24, 2.45) is 0 Å². The molecule has 1 aliphatic heterocycles. The van der Waals surface area contributed by atoms with E-state index >= 15 is 0 Å². The number of hydrogen-bond acceptors (Lipinski definition) is 4. The van der Waals surface area contributed by atoms with Crippen molar-refractivity contribution in [3.8, 4) is 0 Å². The van der Waals surface area contributed by atoms with Crippen LogP contribution in [0.5, 0.6) is 0 Å². The maximum atomic E-state index is 12.5. The van der Waals surface area contributed by atoms with Crippen LogP contribution < -0.4 is 10.6 Å². The molecule has 1 aromatic rings. The highest BCUT2D eigenvalue weighted by molar-refractivity contribution is 7.99. The van der Waals surface area contributed by atoms with Crippen LogP contribution in [0.2, 0.25) is 0 Å². The number of para-hydroxylation sites is 1. The van der Waals surface area contributed by atoms with Gasteiger partial charge in [0.25, 0.3) is 5.76 Å². The fourth-order valence-electron chi connectivity index (χ4n) is 2.26. The smallest absolute Gasteiger partial charge is 0.288 e. The summed E-state index contributed by atoms with van der Waals surface area (Å²) in [5.41, 5.74) is 0.440. The number of thioether (sulfide) groups is 1. The van der Waals surface area contributed by atoms with Crippen LogP contribution in [0.1, 0.15) is 6.92 Å². The average molecular weight is 352 g/mol. The molecule has 22 heavy (non-hydrogen) atoms. The molecule has 1 atom stereocenters. The highest BCUT2D eigenvalue weighted by Gasteiger charge is 2.20. The van der Waals surface area contributed by atoms with Gasteiger partial charge < -0.3 is 10.6 Å². The Balaban J connectivity index is 0.00000242. The van der Waals surface area contributed by atoms with Crippen LogP contribution in [0.3, 0.4) is 0 Å². The fourth-order valence-corrected chi connectivity index (χ4v) is 2.86. The van der Waals surface area contributed by atoms with E-state index in [9.17, 15) is 13.6 Å². The molecule has 2 rings (SSSR count). The van der Waals surface area contributed by atoms with Crippen molar-refractivity contribution in [2.75, 3.05) is 31.5 Å². The van der Waals surface area contributed by atoms with E-state index in [1.54, 1.807) is 24.3 Å². The largest absolute Gasteiger partial charge is 0.324 e. The second-order valence-electron chi connectivity index (χ2n) is 4.95. The average Bonchev–Trinajstić information content (AvgIpc) is 2.43. The Labute approximate surface area is 139 Å². The van der Waals surface area contributed by atoms with E-state index in [0.29, 0.717) is 22.3 Å². The summed E-state index contributed by atoms with van der Waals surface area (Å²) >= 11 is 0.442. The van der Waals surface area contributed by atoms with Gasteiger partial charge >= 0.3 is 0 Å². The lowest BCUT2D eigenvalue weighted by atomic mass is 10.2. The van der Waals surface area contributed by atoms with E-state index in [4.69, 9.17) is 0 Å². The number of piperazine rings is 1. The van der Waals surface area contributed by atoms with Gasteiger partial charge in [-0.05, 0) is 19.1 Å². The second-order valence-corrected chi connectivity index (χ2v) is 5.98. The molecule has 0 aromatic heterocycles. The molecule has 0 saturated carbocycles. The number of halogens is 3. The number of amides is 1. The molecule has 0 bridgehead atoms. The number of carbonyl (C=O) groups is 1. The first-order valence-electron chi connectivity index (χ1n) is 6.84. The summed E-state index contributed by atoms with van der Waals surface area (Å²) in [4.78, 5) is 14.6. The number of nitrogens with zero attached hydrogens (tertiary/aromatic N) is 1. The summed E-state index contributed by atoms with van der Waals surface area (Å²) in [6.07, 6.45) is 0. The topological polar surface area (TPSA) is 44.4 Å². The monoisotopic (exact) mass is 351 g/mol. The maximum absolute atomic E-state index is 12.5. The minimum absolute atomic E-state index is 0. The van der Waals surface area contributed by atoms with E-state index in [2.05, 4.69) is 22.5 Å². The fraction of sp³-hybridized carbons (Fsp3) is 0.500. The minimum Gasteiger partial charge on any atom is -0.324 e. The highest BCUT2D eigenvalue weighted by Crippen LogP contribution is 2.31. The van der Waals surface area contributed by atoms with Gasteiger partial charge in [-0.25, -0.2) is 0 Å². The molecule has 8 heteroatoms. The number of benzene rings is 1. The van der Waals surface area contributed by atoms with E-state index in [-0.39, 0.29) is 30.9 Å². The van der Waals surface area contributed by atoms with Gasteiger partial charge in [0.05, 0.1) is 12.2 Å². The van der Waals surface area contributed by atoms with E-state index in [1.165, 1.54) is 0 Å². The minimum atomic E-state index is -2.50. The molecule has 0 radical (unpaired) electrons. The van der Waals surface area contributed by atoms with Crippen LogP contribution in [-0.2, 0) is 4.79 Å². The molecule has 1 fully saturated rings. The standard InChI is InChI=1S/C14H19F2N3OS.ClH/c1-10-8-17-6-7-19(10)9-13(20)18-11-4-2-3-5-12(11)21-14(15)16;/h2-5,10,14,17H,6-9H2,1H3,(H,18,20);1H/t10-;/m1./s1. The van der Waals surface area contributed by atoms with Gasteiger partial charge in [-0.1, -0.05) is 23.9 Å². The molecule has 2 N–H and O–H groups in total. The van der Waals surface area contributed by atoms with Gasteiger partial charge in [0, 0.05) is 30.6 Å². The normalized spacial score (nSPS) is 18.8. The zero-order chi connectivity index (χ0) is 15.2. The molecule has 124 valence electrons. The Morgan fingerprint density at radius 1 is 1.50 bits per heavy atom. The van der Waals surface area contributed by atoms with Crippen LogP contribution >= 0.6 is 24.2 Å². The number of hydrogen-bond donors (Lipinski definition) is 2. The van der Waals surface area contributed by atoms with E-state index < -0.39 is 5.76 Å². The van der Waals surface area contributed by atoms with E-state index in [0.717, 1.165) is 19.6 Å². The molecule has 1 aromatic carbocycles. The molecule has 0 spiro atoms. The molecule has 4 nitrogen and oxygen atoms in total. The molecular weight excluding hydrogens is 332 g/mol. The van der Waals surface area contributed by atoms with Crippen molar-refractivity contribution in [1.29, 1.82) is 0 Å². The van der Waals surface area contributed by atoms with Gasteiger partial charge in [-0.2, -0.15) is 8.78 Å². The first-order chi connectivity index (χ1) is 10.1. The molecule has 0 unspecified atom stereocenters. The summed E-state index contributed by atoms with van der Waals surface area (Å²) < 4.78 is 25.0. The van der Waals surface area contributed by atoms with Crippen LogP contribution in [-0.4, -0.2) is 48.8 Å². The molecule has 0 aliphatic carbocycles. The number of anilines is 1. The zero-order valence-corrected chi connectivity index (χ0v) is 13.9.